The smallest absolute Gasteiger partial charge is 0.158 e. The first-order chi connectivity index (χ1) is 9.65. The van der Waals surface area contributed by atoms with Gasteiger partial charge in [0.05, 0.1) is 30.9 Å². The van der Waals surface area contributed by atoms with Gasteiger partial charge in [-0.05, 0) is 38.5 Å². The SMILES string of the molecule is Cc1ccoc1CNc1cnc2c(cnn2C(C)C)c1. The van der Waals surface area contributed by atoms with Crippen molar-refractivity contribution in [3.05, 3.63) is 42.1 Å². The molecule has 0 radical (unpaired) electrons. The van der Waals surface area contributed by atoms with Gasteiger partial charge in [-0.1, -0.05) is 0 Å². The summed E-state index contributed by atoms with van der Waals surface area (Å²) in [6.07, 6.45) is 5.40. The molecule has 0 bridgehead atoms. The molecule has 3 aromatic rings. The van der Waals surface area contributed by atoms with Gasteiger partial charge in [-0.3, -0.25) is 0 Å². The van der Waals surface area contributed by atoms with E-state index in [2.05, 4.69) is 35.3 Å². The predicted octanol–water partition coefficient (Wildman–Crippen LogP) is 3.53. The number of aryl methyl sites for hydroxylation is 1. The van der Waals surface area contributed by atoms with Crippen molar-refractivity contribution >= 4 is 16.7 Å². The van der Waals surface area contributed by atoms with E-state index in [1.54, 1.807) is 6.26 Å². The largest absolute Gasteiger partial charge is 0.467 e. The van der Waals surface area contributed by atoms with Gasteiger partial charge in [0.2, 0.25) is 0 Å². The van der Waals surface area contributed by atoms with E-state index in [0.717, 1.165) is 28.0 Å². The second-order valence-corrected chi connectivity index (χ2v) is 5.20. The third-order valence-electron chi connectivity index (χ3n) is 3.34. The molecule has 0 aromatic carbocycles. The Morgan fingerprint density at radius 3 is 2.90 bits per heavy atom. The van der Waals surface area contributed by atoms with E-state index in [4.69, 9.17) is 4.42 Å². The lowest BCUT2D eigenvalue weighted by atomic mass is 10.2. The van der Waals surface area contributed by atoms with E-state index in [1.807, 2.05) is 30.1 Å². The van der Waals surface area contributed by atoms with E-state index in [9.17, 15) is 0 Å². The number of furan rings is 1. The van der Waals surface area contributed by atoms with Crippen molar-refractivity contribution in [1.82, 2.24) is 14.8 Å². The van der Waals surface area contributed by atoms with Crippen LogP contribution in [0.1, 0.15) is 31.2 Å². The number of nitrogens with zero attached hydrogens (tertiary/aromatic N) is 3. The summed E-state index contributed by atoms with van der Waals surface area (Å²) < 4.78 is 7.34. The fraction of sp³-hybridized carbons (Fsp3) is 0.333. The first-order valence-electron chi connectivity index (χ1n) is 6.75. The Morgan fingerprint density at radius 2 is 2.20 bits per heavy atom. The Kier molecular flexibility index (Phi) is 3.18. The van der Waals surface area contributed by atoms with Gasteiger partial charge >= 0.3 is 0 Å². The third-order valence-corrected chi connectivity index (χ3v) is 3.34. The molecule has 0 spiro atoms. The lowest BCUT2D eigenvalue weighted by molar-refractivity contribution is 0.515. The van der Waals surface area contributed by atoms with Crippen molar-refractivity contribution in [2.45, 2.75) is 33.4 Å². The van der Waals surface area contributed by atoms with Gasteiger partial charge in [0, 0.05) is 11.4 Å². The monoisotopic (exact) mass is 270 g/mol. The fourth-order valence-electron chi connectivity index (χ4n) is 2.18. The van der Waals surface area contributed by atoms with E-state index in [0.29, 0.717) is 12.6 Å². The second-order valence-electron chi connectivity index (χ2n) is 5.20. The molecule has 5 nitrogen and oxygen atoms in total. The number of anilines is 1. The predicted molar refractivity (Wildman–Crippen MR) is 78.7 cm³/mol. The van der Waals surface area contributed by atoms with E-state index >= 15 is 0 Å². The fourth-order valence-corrected chi connectivity index (χ4v) is 2.18. The van der Waals surface area contributed by atoms with Crippen LogP contribution in [0.5, 0.6) is 0 Å². The van der Waals surface area contributed by atoms with E-state index in [1.165, 1.54) is 0 Å². The maximum Gasteiger partial charge on any atom is 0.158 e. The number of hydrogen-bond acceptors (Lipinski definition) is 4. The molecular weight excluding hydrogens is 252 g/mol. The van der Waals surface area contributed by atoms with Crippen molar-refractivity contribution in [3.8, 4) is 0 Å². The van der Waals surface area contributed by atoms with Gasteiger partial charge in [0.15, 0.2) is 5.65 Å². The van der Waals surface area contributed by atoms with Crippen LogP contribution >= 0.6 is 0 Å². The molecule has 3 rings (SSSR count). The van der Waals surface area contributed by atoms with Crippen LogP contribution < -0.4 is 5.32 Å². The quantitative estimate of drug-likeness (QED) is 0.788. The van der Waals surface area contributed by atoms with E-state index < -0.39 is 0 Å². The number of rotatable bonds is 4. The lowest BCUT2D eigenvalue weighted by Crippen LogP contribution is -2.04. The molecule has 0 aliphatic heterocycles. The summed E-state index contributed by atoms with van der Waals surface area (Å²) in [4.78, 5) is 4.49. The number of aromatic nitrogens is 3. The minimum atomic E-state index is 0.310. The molecule has 0 aliphatic rings. The lowest BCUT2D eigenvalue weighted by Gasteiger charge is -2.07. The van der Waals surface area contributed by atoms with Gasteiger partial charge in [-0.25, -0.2) is 9.67 Å². The van der Waals surface area contributed by atoms with Crippen LogP contribution in [0.3, 0.4) is 0 Å². The van der Waals surface area contributed by atoms with Crippen LogP contribution in [0.2, 0.25) is 0 Å². The van der Waals surface area contributed by atoms with Crippen molar-refractivity contribution in [3.63, 3.8) is 0 Å². The highest BCUT2D eigenvalue weighted by molar-refractivity contribution is 5.78. The molecule has 1 N–H and O–H groups in total. The Bertz CT molecular complexity index is 726. The zero-order valence-corrected chi connectivity index (χ0v) is 11.9. The molecule has 0 amide bonds. The summed E-state index contributed by atoms with van der Waals surface area (Å²) in [7, 11) is 0. The van der Waals surface area contributed by atoms with Gasteiger partial charge < -0.3 is 9.73 Å². The first kappa shape index (κ1) is 12.7. The Morgan fingerprint density at radius 1 is 1.35 bits per heavy atom. The zero-order valence-electron chi connectivity index (χ0n) is 11.9. The topological polar surface area (TPSA) is 55.9 Å². The highest BCUT2D eigenvalue weighted by Crippen LogP contribution is 2.20. The first-order valence-corrected chi connectivity index (χ1v) is 6.75. The summed E-state index contributed by atoms with van der Waals surface area (Å²) in [5, 5.41) is 8.73. The number of pyridine rings is 1. The van der Waals surface area contributed by atoms with Crippen LogP contribution in [-0.4, -0.2) is 14.8 Å². The number of fused-ring (bicyclic) bond motifs is 1. The van der Waals surface area contributed by atoms with E-state index in [-0.39, 0.29) is 0 Å². The number of nitrogens with one attached hydrogen (secondary N) is 1. The Balaban J connectivity index is 1.81. The summed E-state index contributed by atoms with van der Waals surface area (Å²) in [5.74, 6) is 0.947. The zero-order chi connectivity index (χ0) is 14.1. The molecule has 0 unspecified atom stereocenters. The average molecular weight is 270 g/mol. The van der Waals surface area contributed by atoms with Gasteiger partial charge in [-0.15, -0.1) is 0 Å². The Labute approximate surface area is 117 Å². The highest BCUT2D eigenvalue weighted by Gasteiger charge is 2.08. The van der Waals surface area contributed by atoms with Crippen LogP contribution in [0.4, 0.5) is 5.69 Å². The van der Waals surface area contributed by atoms with Crippen LogP contribution in [-0.2, 0) is 6.54 Å². The molecule has 20 heavy (non-hydrogen) atoms. The third kappa shape index (κ3) is 2.27. The van der Waals surface area contributed by atoms with Crippen LogP contribution in [0.25, 0.3) is 11.0 Å². The summed E-state index contributed by atoms with van der Waals surface area (Å²) in [6.45, 7) is 6.89. The van der Waals surface area contributed by atoms with Crippen molar-refractivity contribution in [1.29, 1.82) is 0 Å². The normalized spacial score (nSPS) is 11.4. The van der Waals surface area contributed by atoms with Crippen molar-refractivity contribution < 1.29 is 4.42 Å². The molecule has 5 heteroatoms. The summed E-state index contributed by atoms with van der Waals surface area (Å²) in [6, 6.07) is 4.34. The highest BCUT2D eigenvalue weighted by atomic mass is 16.3. The maximum atomic E-state index is 5.41. The molecule has 3 aromatic heterocycles. The second kappa shape index (κ2) is 5.00. The molecule has 104 valence electrons. The Hall–Kier alpha value is -2.30. The molecule has 0 fully saturated rings. The molecule has 0 saturated heterocycles. The van der Waals surface area contributed by atoms with Crippen LogP contribution in [0.15, 0.2) is 35.2 Å². The van der Waals surface area contributed by atoms with Crippen molar-refractivity contribution in [2.75, 3.05) is 5.32 Å². The maximum absolute atomic E-state index is 5.41. The molecular formula is C15H18N4O. The molecule has 0 saturated carbocycles. The molecule has 0 atom stereocenters. The van der Waals surface area contributed by atoms with Gasteiger partial charge in [0.1, 0.15) is 5.76 Å². The summed E-state index contributed by atoms with van der Waals surface area (Å²) >= 11 is 0. The molecule has 3 heterocycles. The minimum Gasteiger partial charge on any atom is -0.467 e. The number of hydrogen-bond donors (Lipinski definition) is 1. The van der Waals surface area contributed by atoms with Gasteiger partial charge in [-0.2, -0.15) is 5.10 Å². The molecule has 0 aliphatic carbocycles. The van der Waals surface area contributed by atoms with Crippen molar-refractivity contribution in [2.24, 2.45) is 0 Å². The van der Waals surface area contributed by atoms with Gasteiger partial charge in [0.25, 0.3) is 0 Å². The minimum absolute atomic E-state index is 0.310. The summed E-state index contributed by atoms with van der Waals surface area (Å²) in [5.41, 5.74) is 3.04. The van der Waals surface area contributed by atoms with Crippen LogP contribution in [0, 0.1) is 6.92 Å². The average Bonchev–Trinajstić information content (AvgIpc) is 3.02. The standard InChI is InChI=1S/C15H18N4O/c1-10(2)19-15-12(7-18-19)6-13(8-17-15)16-9-14-11(3)4-5-20-14/h4-8,10,16H,9H2,1-3H3.